The molecule has 3 rings (SSSR count). The topological polar surface area (TPSA) is 69.7 Å². The second-order valence-corrected chi connectivity index (χ2v) is 10.3. The first-order valence-corrected chi connectivity index (χ1v) is 11.9. The van der Waals surface area contributed by atoms with Crippen LogP contribution in [0.5, 0.6) is 0 Å². The number of hydrogen-bond acceptors (Lipinski definition) is 4. The summed E-state index contributed by atoms with van der Waals surface area (Å²) < 4.78 is 25.9. The van der Waals surface area contributed by atoms with Gasteiger partial charge >= 0.3 is 0 Å². The van der Waals surface area contributed by atoms with E-state index in [4.69, 9.17) is 11.6 Å². The number of amides is 1. The molecule has 0 saturated carbocycles. The van der Waals surface area contributed by atoms with Gasteiger partial charge in [-0.25, -0.2) is 12.7 Å². The van der Waals surface area contributed by atoms with Crippen LogP contribution in [0, 0.1) is 0 Å². The fourth-order valence-electron chi connectivity index (χ4n) is 3.29. The number of nitrogens with one attached hydrogen (secondary N) is 1. The first kappa shape index (κ1) is 23.8. The van der Waals surface area contributed by atoms with Crippen LogP contribution in [0.25, 0.3) is 0 Å². The van der Waals surface area contributed by atoms with Crippen LogP contribution >= 0.6 is 11.6 Å². The molecule has 0 fully saturated rings. The molecule has 0 heterocycles. The van der Waals surface area contributed by atoms with Crippen LogP contribution in [0.1, 0.15) is 24.2 Å². The van der Waals surface area contributed by atoms with Gasteiger partial charge in [0.15, 0.2) is 0 Å². The molecule has 32 heavy (non-hydrogen) atoms. The minimum atomic E-state index is -3.68. The van der Waals surface area contributed by atoms with Crippen molar-refractivity contribution in [3.05, 3.63) is 83.4 Å². The molecule has 8 heteroatoms. The summed E-state index contributed by atoms with van der Waals surface area (Å²) in [6.45, 7) is 4.22. The van der Waals surface area contributed by atoms with Crippen LogP contribution in [0.4, 0.5) is 17.1 Å². The Balaban J connectivity index is 1.84. The van der Waals surface area contributed by atoms with Crippen molar-refractivity contribution in [3.63, 3.8) is 0 Å². The first-order chi connectivity index (χ1) is 15.1. The van der Waals surface area contributed by atoms with Crippen molar-refractivity contribution in [2.75, 3.05) is 24.3 Å². The maximum absolute atomic E-state index is 12.8. The molecule has 0 spiro atoms. The van der Waals surface area contributed by atoms with E-state index in [2.05, 4.69) is 24.1 Å². The fraction of sp³-hybridized carbons (Fsp3) is 0.208. The smallest absolute Gasteiger partial charge is 0.257 e. The van der Waals surface area contributed by atoms with E-state index in [1.165, 1.54) is 32.3 Å². The highest BCUT2D eigenvalue weighted by Gasteiger charge is 2.21. The van der Waals surface area contributed by atoms with E-state index in [9.17, 15) is 13.2 Å². The van der Waals surface area contributed by atoms with Crippen molar-refractivity contribution in [3.8, 4) is 0 Å². The second kappa shape index (κ2) is 9.73. The summed E-state index contributed by atoms with van der Waals surface area (Å²) in [5.74, 6) is -0.484. The van der Waals surface area contributed by atoms with Crippen LogP contribution in [0.3, 0.4) is 0 Å². The van der Waals surface area contributed by atoms with E-state index >= 15 is 0 Å². The number of anilines is 3. The summed E-state index contributed by atoms with van der Waals surface area (Å²) in [5, 5.41) is 2.96. The van der Waals surface area contributed by atoms with Gasteiger partial charge in [0.2, 0.25) is 10.0 Å². The predicted octanol–water partition coefficient (Wildman–Crippen LogP) is 5.39. The first-order valence-electron chi connectivity index (χ1n) is 10.1. The number of rotatable bonds is 7. The number of carbonyl (C=O) groups excluding carboxylic acids is 1. The molecule has 0 saturated heterocycles. The van der Waals surface area contributed by atoms with E-state index in [1.54, 1.807) is 12.1 Å². The number of nitrogens with zero attached hydrogens (tertiary/aromatic N) is 2. The van der Waals surface area contributed by atoms with E-state index in [0.717, 1.165) is 15.7 Å². The minimum Gasteiger partial charge on any atom is -0.339 e. The normalized spacial score (nSPS) is 11.6. The van der Waals surface area contributed by atoms with E-state index in [1.807, 2.05) is 42.5 Å². The summed E-state index contributed by atoms with van der Waals surface area (Å²) in [6, 6.07) is 21.8. The molecule has 3 aromatic carbocycles. The highest BCUT2D eigenvalue weighted by atomic mass is 35.5. The zero-order valence-electron chi connectivity index (χ0n) is 18.4. The standard InChI is InChI=1S/C24H26ClN3O3S/c1-17(2)28(19-8-6-5-7-9-19)20-12-10-18(11-13-20)26-24(29)22-16-21(14-15-23(22)25)32(30,31)27(3)4/h5-17H,1-4H3,(H,26,29). The Labute approximate surface area is 194 Å². The predicted molar refractivity (Wildman–Crippen MR) is 130 cm³/mol. The molecule has 6 nitrogen and oxygen atoms in total. The lowest BCUT2D eigenvalue weighted by Crippen LogP contribution is -2.25. The average molecular weight is 472 g/mol. The van der Waals surface area contributed by atoms with Gasteiger partial charge in [0.1, 0.15) is 0 Å². The third kappa shape index (κ3) is 5.12. The van der Waals surface area contributed by atoms with Gasteiger partial charge in [-0.1, -0.05) is 29.8 Å². The molecule has 0 bridgehead atoms. The van der Waals surface area contributed by atoms with Gasteiger partial charge in [0.05, 0.1) is 15.5 Å². The molecule has 1 N–H and O–H groups in total. The van der Waals surface area contributed by atoms with Gasteiger partial charge in [0.25, 0.3) is 5.91 Å². The number of halogens is 1. The fourth-order valence-corrected chi connectivity index (χ4v) is 4.42. The average Bonchev–Trinajstić information content (AvgIpc) is 2.75. The molecule has 0 radical (unpaired) electrons. The van der Waals surface area contributed by atoms with Crippen molar-refractivity contribution in [1.29, 1.82) is 0 Å². The second-order valence-electron chi connectivity index (χ2n) is 7.73. The van der Waals surface area contributed by atoms with Crippen LogP contribution in [-0.4, -0.2) is 38.8 Å². The van der Waals surface area contributed by atoms with Crippen molar-refractivity contribution in [2.45, 2.75) is 24.8 Å². The largest absolute Gasteiger partial charge is 0.339 e. The van der Waals surface area contributed by atoms with Gasteiger partial charge in [-0.3, -0.25) is 4.79 Å². The molecule has 0 atom stereocenters. The van der Waals surface area contributed by atoms with Gasteiger partial charge in [-0.2, -0.15) is 0 Å². The molecule has 0 aliphatic carbocycles. The zero-order chi connectivity index (χ0) is 23.5. The Bertz CT molecular complexity index is 1190. The van der Waals surface area contributed by atoms with Crippen molar-refractivity contribution >= 4 is 44.6 Å². The summed E-state index contributed by atoms with van der Waals surface area (Å²) >= 11 is 6.18. The van der Waals surface area contributed by atoms with Crippen molar-refractivity contribution in [2.24, 2.45) is 0 Å². The molecule has 0 aliphatic heterocycles. The molecule has 1 amide bonds. The molecule has 3 aromatic rings. The molecular weight excluding hydrogens is 446 g/mol. The number of hydrogen-bond donors (Lipinski definition) is 1. The summed E-state index contributed by atoms with van der Waals surface area (Å²) in [6.07, 6.45) is 0. The van der Waals surface area contributed by atoms with Gasteiger partial charge in [-0.05, 0) is 68.4 Å². The van der Waals surface area contributed by atoms with Crippen LogP contribution < -0.4 is 10.2 Å². The Hall–Kier alpha value is -2.87. The zero-order valence-corrected chi connectivity index (χ0v) is 20.0. The maximum atomic E-state index is 12.8. The van der Waals surface area contributed by atoms with E-state index in [-0.39, 0.29) is 21.5 Å². The Morgan fingerprint density at radius 3 is 2.06 bits per heavy atom. The SMILES string of the molecule is CC(C)N(c1ccccc1)c1ccc(NC(=O)c2cc(S(=O)(=O)N(C)C)ccc2Cl)cc1. The maximum Gasteiger partial charge on any atom is 0.257 e. The third-order valence-electron chi connectivity index (χ3n) is 4.92. The summed E-state index contributed by atoms with van der Waals surface area (Å²) in [5.41, 5.74) is 2.73. The number of sulfonamides is 1. The Morgan fingerprint density at radius 2 is 1.50 bits per heavy atom. The monoisotopic (exact) mass is 471 g/mol. The molecular formula is C24H26ClN3O3S. The lowest BCUT2D eigenvalue weighted by atomic mass is 10.1. The highest BCUT2D eigenvalue weighted by molar-refractivity contribution is 7.89. The van der Waals surface area contributed by atoms with Gasteiger partial charge in [0, 0.05) is 37.2 Å². The van der Waals surface area contributed by atoms with Crippen molar-refractivity contribution < 1.29 is 13.2 Å². The summed E-state index contributed by atoms with van der Waals surface area (Å²) in [4.78, 5) is 15.0. The van der Waals surface area contributed by atoms with Gasteiger partial charge in [-0.15, -0.1) is 0 Å². The molecule has 0 unspecified atom stereocenters. The molecule has 0 aliphatic rings. The number of carbonyl (C=O) groups is 1. The lowest BCUT2D eigenvalue weighted by Gasteiger charge is -2.29. The van der Waals surface area contributed by atoms with Crippen molar-refractivity contribution in [1.82, 2.24) is 4.31 Å². The van der Waals surface area contributed by atoms with E-state index < -0.39 is 15.9 Å². The lowest BCUT2D eigenvalue weighted by molar-refractivity contribution is 0.102. The summed E-state index contributed by atoms with van der Waals surface area (Å²) in [7, 11) is -0.820. The van der Waals surface area contributed by atoms with Gasteiger partial charge < -0.3 is 10.2 Å². The number of para-hydroxylation sites is 1. The molecule has 168 valence electrons. The van der Waals surface area contributed by atoms with Crippen LogP contribution in [0.15, 0.2) is 77.7 Å². The third-order valence-corrected chi connectivity index (χ3v) is 7.06. The quantitative estimate of drug-likeness (QED) is 0.501. The highest BCUT2D eigenvalue weighted by Crippen LogP contribution is 2.29. The Morgan fingerprint density at radius 1 is 0.906 bits per heavy atom. The molecule has 0 aromatic heterocycles. The minimum absolute atomic E-state index is 0.00262. The Kier molecular flexibility index (Phi) is 7.23. The van der Waals surface area contributed by atoms with E-state index in [0.29, 0.717) is 5.69 Å². The van der Waals surface area contributed by atoms with Crippen LogP contribution in [0.2, 0.25) is 5.02 Å². The number of benzene rings is 3. The van der Waals surface area contributed by atoms with Crippen LogP contribution in [-0.2, 0) is 10.0 Å².